The molecule has 1 aromatic carbocycles. The molecule has 4 heterocycles. The lowest BCUT2D eigenvalue weighted by molar-refractivity contribution is 0.0712. The van der Waals surface area contributed by atoms with Crippen molar-refractivity contribution in [1.82, 2.24) is 24.8 Å². The first-order valence-electron chi connectivity index (χ1n) is 11.6. The maximum absolute atomic E-state index is 13.2. The summed E-state index contributed by atoms with van der Waals surface area (Å²) in [7, 11) is 0. The Morgan fingerprint density at radius 2 is 2.03 bits per heavy atom. The van der Waals surface area contributed by atoms with E-state index in [4.69, 9.17) is 4.99 Å². The van der Waals surface area contributed by atoms with E-state index in [2.05, 4.69) is 38.2 Å². The van der Waals surface area contributed by atoms with Gasteiger partial charge in [0.25, 0.3) is 5.91 Å². The summed E-state index contributed by atoms with van der Waals surface area (Å²) >= 11 is 0. The zero-order chi connectivity index (χ0) is 23.9. The van der Waals surface area contributed by atoms with Crippen LogP contribution < -0.4 is 10.6 Å². The zero-order valence-corrected chi connectivity index (χ0v) is 20.0. The maximum Gasteiger partial charge on any atom is 0.270 e. The smallest absolute Gasteiger partial charge is 0.270 e. The Balaban J connectivity index is 1.59. The molecule has 0 fully saturated rings. The van der Waals surface area contributed by atoms with Crippen LogP contribution in [0.25, 0.3) is 11.3 Å². The second-order valence-corrected chi connectivity index (χ2v) is 8.66. The summed E-state index contributed by atoms with van der Waals surface area (Å²) in [5.74, 6) is -0.134. The number of benzene rings is 1. The quantitative estimate of drug-likeness (QED) is 0.612. The first-order chi connectivity index (χ1) is 16.4. The minimum absolute atomic E-state index is 0.0761. The molecule has 2 N–H and O–H groups in total. The standard InChI is InChI=1S/C26H29N7O/c1-5-32-14-15-33-18(3)23(17(2)24(33)25(32)34)26(28-11-7-12-29-26)31-21-9-6-8-20(16-21)22-10-13-27-19(4)30-22/h6-13,16,28,31H,5,14-15H2,1-4H3. The van der Waals surface area contributed by atoms with E-state index in [0.717, 1.165) is 51.8 Å². The van der Waals surface area contributed by atoms with Gasteiger partial charge in [0.05, 0.1) is 5.69 Å². The van der Waals surface area contributed by atoms with Crippen LogP contribution >= 0.6 is 0 Å². The number of hydrogen-bond donors (Lipinski definition) is 2. The Morgan fingerprint density at radius 3 is 2.76 bits per heavy atom. The summed E-state index contributed by atoms with van der Waals surface area (Å²) in [4.78, 5) is 28.7. The van der Waals surface area contributed by atoms with E-state index < -0.39 is 5.79 Å². The molecule has 5 rings (SSSR count). The third kappa shape index (κ3) is 3.55. The van der Waals surface area contributed by atoms with Crippen molar-refractivity contribution in [2.45, 2.75) is 40.0 Å². The van der Waals surface area contributed by atoms with Crippen molar-refractivity contribution in [2.75, 3.05) is 18.4 Å². The largest absolute Gasteiger partial charge is 0.347 e. The molecule has 0 bridgehead atoms. The van der Waals surface area contributed by atoms with E-state index in [0.29, 0.717) is 13.1 Å². The number of carbonyl (C=O) groups excluding carboxylic acids is 1. The van der Waals surface area contributed by atoms with Gasteiger partial charge < -0.3 is 20.1 Å². The van der Waals surface area contributed by atoms with Crippen LogP contribution in [-0.4, -0.2) is 44.6 Å². The summed E-state index contributed by atoms with van der Waals surface area (Å²) in [5.41, 5.74) is 6.43. The highest BCUT2D eigenvalue weighted by molar-refractivity contribution is 5.96. The van der Waals surface area contributed by atoms with Gasteiger partial charge in [0.1, 0.15) is 11.5 Å². The normalized spacial score (nSPS) is 19.2. The fraction of sp³-hybridized carbons (Fsp3) is 0.308. The molecule has 1 unspecified atom stereocenters. The number of allylic oxidation sites excluding steroid dienone is 1. The Bertz CT molecular complexity index is 1320. The molecule has 0 spiro atoms. The molecule has 1 amide bonds. The number of hydrogen-bond acceptors (Lipinski definition) is 6. The fourth-order valence-corrected chi connectivity index (χ4v) is 5.01. The van der Waals surface area contributed by atoms with Crippen molar-refractivity contribution in [3.05, 3.63) is 77.1 Å². The number of aryl methyl sites for hydroxylation is 1. The number of nitrogens with one attached hydrogen (secondary N) is 2. The number of amides is 1. The van der Waals surface area contributed by atoms with Crippen LogP contribution in [0.5, 0.6) is 0 Å². The van der Waals surface area contributed by atoms with Gasteiger partial charge in [-0.25, -0.2) is 15.0 Å². The molecule has 0 saturated heterocycles. The molecule has 174 valence electrons. The third-order valence-corrected chi connectivity index (χ3v) is 6.60. The van der Waals surface area contributed by atoms with Gasteiger partial charge >= 0.3 is 0 Å². The van der Waals surface area contributed by atoms with Crippen molar-refractivity contribution < 1.29 is 4.79 Å². The predicted octanol–water partition coefficient (Wildman–Crippen LogP) is 3.76. The molecular formula is C26H29N7O. The SMILES string of the molecule is CCN1CCn2c(C)c(C3(Nc4cccc(-c5ccnc(C)n5)c4)N=CC=CN3)c(C)c2C1=O. The molecule has 1 atom stereocenters. The van der Waals surface area contributed by atoms with Gasteiger partial charge in [0.2, 0.25) is 5.79 Å². The van der Waals surface area contributed by atoms with Gasteiger partial charge in [-0.05, 0) is 57.5 Å². The first-order valence-corrected chi connectivity index (χ1v) is 11.6. The van der Waals surface area contributed by atoms with E-state index in [9.17, 15) is 4.79 Å². The van der Waals surface area contributed by atoms with Gasteiger partial charge in [-0.1, -0.05) is 12.1 Å². The molecular weight excluding hydrogens is 426 g/mol. The van der Waals surface area contributed by atoms with Crippen molar-refractivity contribution in [1.29, 1.82) is 0 Å². The van der Waals surface area contributed by atoms with Crippen molar-refractivity contribution >= 4 is 17.8 Å². The molecule has 0 saturated carbocycles. The van der Waals surface area contributed by atoms with Crippen molar-refractivity contribution in [3.8, 4) is 11.3 Å². The van der Waals surface area contributed by atoms with Crippen LogP contribution in [0.2, 0.25) is 0 Å². The molecule has 0 radical (unpaired) electrons. The molecule has 34 heavy (non-hydrogen) atoms. The monoisotopic (exact) mass is 455 g/mol. The Hall–Kier alpha value is -3.94. The number of fused-ring (bicyclic) bond motifs is 1. The summed E-state index contributed by atoms with van der Waals surface area (Å²) in [6.45, 7) is 10.2. The highest BCUT2D eigenvalue weighted by Crippen LogP contribution is 2.37. The van der Waals surface area contributed by atoms with E-state index in [1.807, 2.05) is 62.2 Å². The molecule has 2 aliphatic rings. The summed E-state index contributed by atoms with van der Waals surface area (Å²) in [6, 6.07) is 10.0. The van der Waals surface area contributed by atoms with Crippen LogP contribution in [-0.2, 0) is 12.3 Å². The molecule has 8 nitrogen and oxygen atoms in total. The molecule has 2 aliphatic heterocycles. The van der Waals surface area contributed by atoms with Crippen molar-refractivity contribution in [3.63, 3.8) is 0 Å². The van der Waals surface area contributed by atoms with E-state index in [1.165, 1.54) is 0 Å². The van der Waals surface area contributed by atoms with Gasteiger partial charge in [0, 0.05) is 60.8 Å². The minimum atomic E-state index is -0.940. The lowest BCUT2D eigenvalue weighted by atomic mass is 10.0. The number of aromatic nitrogens is 3. The summed E-state index contributed by atoms with van der Waals surface area (Å²) in [6.07, 6.45) is 7.31. The minimum Gasteiger partial charge on any atom is -0.347 e. The van der Waals surface area contributed by atoms with Crippen LogP contribution in [0.3, 0.4) is 0 Å². The summed E-state index contributed by atoms with van der Waals surface area (Å²) < 4.78 is 2.14. The number of nitrogens with zero attached hydrogens (tertiary/aromatic N) is 5. The van der Waals surface area contributed by atoms with Crippen LogP contribution in [0, 0.1) is 20.8 Å². The van der Waals surface area contributed by atoms with E-state index in [1.54, 1.807) is 12.4 Å². The lowest BCUT2D eigenvalue weighted by Gasteiger charge is -2.35. The first kappa shape index (κ1) is 21.9. The Morgan fingerprint density at radius 1 is 1.18 bits per heavy atom. The molecule has 3 aromatic rings. The number of anilines is 1. The molecule has 8 heteroatoms. The highest BCUT2D eigenvalue weighted by Gasteiger charge is 2.40. The lowest BCUT2D eigenvalue weighted by Crippen LogP contribution is -2.47. The Labute approximate surface area is 199 Å². The van der Waals surface area contributed by atoms with Gasteiger partial charge in [-0.3, -0.25) is 4.79 Å². The van der Waals surface area contributed by atoms with Crippen molar-refractivity contribution in [2.24, 2.45) is 4.99 Å². The second-order valence-electron chi connectivity index (χ2n) is 8.66. The fourth-order valence-electron chi connectivity index (χ4n) is 5.01. The van der Waals surface area contributed by atoms with Crippen LogP contribution in [0.1, 0.15) is 40.1 Å². The van der Waals surface area contributed by atoms with E-state index >= 15 is 0 Å². The average molecular weight is 456 g/mol. The predicted molar refractivity (Wildman–Crippen MR) is 134 cm³/mol. The Kier molecular flexibility index (Phi) is 5.43. The van der Waals surface area contributed by atoms with Crippen LogP contribution in [0.15, 0.2) is 53.8 Å². The molecule has 2 aromatic heterocycles. The topological polar surface area (TPSA) is 87.4 Å². The number of rotatable bonds is 5. The van der Waals surface area contributed by atoms with E-state index in [-0.39, 0.29) is 5.91 Å². The van der Waals surface area contributed by atoms with Crippen LogP contribution in [0.4, 0.5) is 5.69 Å². The molecule has 0 aliphatic carbocycles. The number of aliphatic imine (C=N–C) groups is 1. The maximum atomic E-state index is 13.2. The zero-order valence-electron chi connectivity index (χ0n) is 20.0. The number of likely N-dealkylation sites (N-methyl/N-ethyl adjacent to an activating group) is 1. The van der Waals surface area contributed by atoms with Gasteiger partial charge in [-0.15, -0.1) is 0 Å². The van der Waals surface area contributed by atoms with Gasteiger partial charge in [-0.2, -0.15) is 0 Å². The number of carbonyl (C=O) groups is 1. The average Bonchev–Trinajstić information content (AvgIpc) is 3.11. The third-order valence-electron chi connectivity index (χ3n) is 6.60. The van der Waals surface area contributed by atoms with Gasteiger partial charge in [0.15, 0.2) is 0 Å². The second kappa shape index (κ2) is 8.44. The highest BCUT2D eigenvalue weighted by atomic mass is 16.2. The summed E-state index contributed by atoms with van der Waals surface area (Å²) in [5, 5.41) is 7.07.